The van der Waals surface area contributed by atoms with Gasteiger partial charge in [-0.2, -0.15) is 8.42 Å². The molecule has 1 unspecified atom stereocenters. The first-order valence-corrected chi connectivity index (χ1v) is 7.49. The molecule has 2 rings (SSSR count). The Kier molecular flexibility index (Phi) is 3.53. The first-order chi connectivity index (χ1) is 8.75. The summed E-state index contributed by atoms with van der Waals surface area (Å²) in [6, 6.07) is 0. The first kappa shape index (κ1) is 14.2. The van der Waals surface area contributed by atoms with Crippen molar-refractivity contribution in [3.8, 4) is 0 Å². The maximum absolute atomic E-state index is 13.2. The molecule has 19 heavy (non-hydrogen) atoms. The number of hydrogen-bond donors (Lipinski definition) is 0. The number of hydrogen-bond acceptors (Lipinski definition) is 4. The zero-order valence-corrected chi connectivity index (χ0v) is 12.3. The van der Waals surface area contributed by atoms with Crippen LogP contribution in [-0.2, 0) is 17.3 Å². The highest BCUT2D eigenvalue weighted by atomic mass is 35.5. The van der Waals surface area contributed by atoms with E-state index in [1.165, 1.54) is 4.57 Å². The second-order valence-corrected chi connectivity index (χ2v) is 6.10. The van der Waals surface area contributed by atoms with Crippen LogP contribution >= 0.6 is 11.6 Å². The van der Waals surface area contributed by atoms with Gasteiger partial charge >= 0.3 is 10.2 Å². The Morgan fingerprint density at radius 3 is 2.63 bits per heavy atom. The van der Waals surface area contributed by atoms with Gasteiger partial charge in [-0.25, -0.2) is 9.97 Å². The Hall–Kier alpha value is -1.21. The molecule has 0 aliphatic carbocycles. The summed E-state index contributed by atoms with van der Waals surface area (Å²) in [6.07, 6.45) is 1.97. The average Bonchev–Trinajstić information content (AvgIpc) is 2.66. The summed E-state index contributed by atoms with van der Waals surface area (Å²) in [4.78, 5) is 7.85. The monoisotopic (exact) mass is 305 g/mol. The Morgan fingerprint density at radius 2 is 2.11 bits per heavy atom. The SMILES string of the molecule is CCC(C)c1nc(Cl)c2c(S(=O)(=O)F)cn(C)c2n1. The standard InChI is InChI=1S/C11H13ClFN3O2S/c1-4-6(2)10-14-9(12)8-7(19(13,17)18)5-16(3)11(8)15-10/h5-6H,4H2,1-3H3. The summed E-state index contributed by atoms with van der Waals surface area (Å²) >= 11 is 5.99. The summed E-state index contributed by atoms with van der Waals surface area (Å²) in [5.41, 5.74) is 0.312. The molecule has 5 nitrogen and oxygen atoms in total. The Morgan fingerprint density at radius 1 is 1.47 bits per heavy atom. The molecular formula is C11H13ClFN3O2S. The van der Waals surface area contributed by atoms with E-state index in [2.05, 4.69) is 9.97 Å². The molecule has 0 saturated heterocycles. The van der Waals surface area contributed by atoms with Crippen molar-refractivity contribution < 1.29 is 12.3 Å². The normalized spacial score (nSPS) is 13.9. The van der Waals surface area contributed by atoms with Gasteiger partial charge in [0.25, 0.3) is 0 Å². The maximum atomic E-state index is 13.2. The van der Waals surface area contributed by atoms with Crippen molar-refractivity contribution in [3.63, 3.8) is 0 Å². The second-order valence-electron chi connectivity index (χ2n) is 4.42. The van der Waals surface area contributed by atoms with Crippen molar-refractivity contribution in [2.45, 2.75) is 31.1 Å². The molecule has 0 aliphatic heterocycles. The lowest BCUT2D eigenvalue weighted by atomic mass is 10.1. The van der Waals surface area contributed by atoms with Crippen molar-refractivity contribution in [2.24, 2.45) is 7.05 Å². The Balaban J connectivity index is 2.82. The van der Waals surface area contributed by atoms with E-state index in [1.54, 1.807) is 7.05 Å². The number of halogens is 2. The predicted molar refractivity (Wildman–Crippen MR) is 70.5 cm³/mol. The van der Waals surface area contributed by atoms with Crippen molar-refractivity contribution in [3.05, 3.63) is 17.2 Å². The van der Waals surface area contributed by atoms with Crippen LogP contribution in [0.3, 0.4) is 0 Å². The van der Waals surface area contributed by atoms with Crippen molar-refractivity contribution in [1.82, 2.24) is 14.5 Å². The highest BCUT2D eigenvalue weighted by Gasteiger charge is 2.24. The molecule has 8 heteroatoms. The van der Waals surface area contributed by atoms with Crippen LogP contribution in [0, 0.1) is 0 Å². The van der Waals surface area contributed by atoms with Gasteiger partial charge in [0.15, 0.2) is 0 Å². The number of fused-ring (bicyclic) bond motifs is 1. The minimum absolute atomic E-state index is 0.0266. The molecule has 2 heterocycles. The van der Waals surface area contributed by atoms with Gasteiger partial charge in [-0.15, -0.1) is 3.89 Å². The van der Waals surface area contributed by atoms with Crippen LogP contribution in [0.1, 0.15) is 32.0 Å². The molecule has 0 amide bonds. The van der Waals surface area contributed by atoms with Gasteiger partial charge in [0.2, 0.25) is 0 Å². The smallest absolute Gasteiger partial charge is 0.334 e. The third kappa shape index (κ3) is 2.44. The van der Waals surface area contributed by atoms with Gasteiger partial charge in [-0.05, 0) is 6.42 Å². The summed E-state index contributed by atoms with van der Waals surface area (Å²) in [6.45, 7) is 3.92. The van der Waals surface area contributed by atoms with Crippen LogP contribution < -0.4 is 0 Å². The summed E-state index contributed by atoms with van der Waals surface area (Å²) in [7, 11) is -3.27. The van der Waals surface area contributed by atoms with E-state index in [0.29, 0.717) is 11.5 Å². The van der Waals surface area contributed by atoms with Crippen LogP contribution in [0.4, 0.5) is 3.89 Å². The molecule has 0 N–H and O–H groups in total. The lowest BCUT2D eigenvalue weighted by molar-refractivity contribution is 0.552. The molecule has 104 valence electrons. The van der Waals surface area contributed by atoms with Crippen LogP contribution in [-0.4, -0.2) is 23.0 Å². The molecule has 0 spiro atoms. The van der Waals surface area contributed by atoms with Crippen LogP contribution in [0.15, 0.2) is 11.1 Å². The van der Waals surface area contributed by atoms with Gasteiger partial charge in [0.1, 0.15) is 21.5 Å². The number of rotatable bonds is 3. The largest absolute Gasteiger partial charge is 0.334 e. The van der Waals surface area contributed by atoms with Crippen molar-refractivity contribution >= 4 is 32.9 Å². The van der Waals surface area contributed by atoms with Crippen LogP contribution in [0.25, 0.3) is 11.0 Å². The van der Waals surface area contributed by atoms with Crippen molar-refractivity contribution in [2.75, 3.05) is 0 Å². The second kappa shape index (κ2) is 4.72. The van der Waals surface area contributed by atoms with Crippen LogP contribution in [0.5, 0.6) is 0 Å². The van der Waals surface area contributed by atoms with E-state index in [1.807, 2.05) is 13.8 Å². The van der Waals surface area contributed by atoms with Gasteiger partial charge in [-0.1, -0.05) is 25.4 Å². The fourth-order valence-corrected chi connectivity index (χ4v) is 2.84. The fourth-order valence-electron chi connectivity index (χ4n) is 1.79. The molecule has 2 aromatic heterocycles. The number of aromatic nitrogens is 3. The highest BCUT2D eigenvalue weighted by Crippen LogP contribution is 2.31. The molecular weight excluding hydrogens is 293 g/mol. The summed E-state index contributed by atoms with van der Waals surface area (Å²) < 4.78 is 36.8. The van der Waals surface area contributed by atoms with Gasteiger partial charge in [0, 0.05) is 19.2 Å². The zero-order chi connectivity index (χ0) is 14.4. The average molecular weight is 306 g/mol. The fraction of sp³-hybridized carbons (Fsp3) is 0.455. The molecule has 0 fully saturated rings. The third-order valence-corrected chi connectivity index (χ3v) is 4.18. The molecule has 0 radical (unpaired) electrons. The summed E-state index contributed by atoms with van der Waals surface area (Å²) in [5.74, 6) is 0.603. The first-order valence-electron chi connectivity index (χ1n) is 5.72. The third-order valence-electron chi connectivity index (χ3n) is 3.07. The van der Waals surface area contributed by atoms with E-state index in [4.69, 9.17) is 11.6 Å². The molecule has 0 aliphatic rings. The lowest BCUT2D eigenvalue weighted by Crippen LogP contribution is -2.02. The minimum atomic E-state index is -4.86. The van der Waals surface area contributed by atoms with E-state index in [9.17, 15) is 12.3 Å². The minimum Gasteiger partial charge on any atom is -0.334 e. The lowest BCUT2D eigenvalue weighted by Gasteiger charge is -2.08. The molecule has 0 bridgehead atoms. The summed E-state index contributed by atoms with van der Waals surface area (Å²) in [5, 5.41) is -0.0177. The highest BCUT2D eigenvalue weighted by molar-refractivity contribution is 7.86. The number of aryl methyl sites for hydroxylation is 1. The van der Waals surface area contributed by atoms with E-state index < -0.39 is 15.1 Å². The number of nitrogens with zero attached hydrogens (tertiary/aromatic N) is 3. The molecule has 2 aromatic rings. The van der Waals surface area contributed by atoms with E-state index in [0.717, 1.165) is 12.6 Å². The Bertz CT molecular complexity index is 742. The van der Waals surface area contributed by atoms with Gasteiger partial charge in [-0.3, -0.25) is 0 Å². The van der Waals surface area contributed by atoms with Gasteiger partial charge < -0.3 is 4.57 Å². The van der Waals surface area contributed by atoms with Crippen LogP contribution in [0.2, 0.25) is 5.15 Å². The predicted octanol–water partition coefficient (Wildman–Crippen LogP) is 2.79. The van der Waals surface area contributed by atoms with Gasteiger partial charge in [0.05, 0.1) is 5.39 Å². The quantitative estimate of drug-likeness (QED) is 0.646. The van der Waals surface area contributed by atoms with Crippen molar-refractivity contribution in [1.29, 1.82) is 0 Å². The molecule has 0 saturated carbocycles. The Labute approximate surface area is 115 Å². The maximum Gasteiger partial charge on any atom is 0.334 e. The van der Waals surface area contributed by atoms with E-state index >= 15 is 0 Å². The van der Waals surface area contributed by atoms with E-state index in [-0.39, 0.29) is 16.5 Å². The topological polar surface area (TPSA) is 64.8 Å². The molecule has 0 aromatic carbocycles. The molecule has 1 atom stereocenters. The zero-order valence-electron chi connectivity index (χ0n) is 10.7.